The maximum Gasteiger partial charge on any atom is 0.322 e. The molecule has 2 N–H and O–H groups in total. The Balaban J connectivity index is 2.08. The third-order valence-electron chi connectivity index (χ3n) is 3.07. The molecule has 2 unspecified atom stereocenters. The lowest BCUT2D eigenvalue weighted by Gasteiger charge is -2.18. The average Bonchev–Trinajstić information content (AvgIpc) is 2.76. The van der Waals surface area contributed by atoms with Gasteiger partial charge < -0.3 is 15.2 Å². The molecule has 6 nitrogen and oxygen atoms in total. The molecule has 7 heteroatoms. The summed E-state index contributed by atoms with van der Waals surface area (Å²) < 4.78 is 5.21. The molecule has 1 heterocycles. The Morgan fingerprint density at radius 2 is 2.22 bits per heavy atom. The van der Waals surface area contributed by atoms with Crippen molar-refractivity contribution < 1.29 is 9.84 Å². The van der Waals surface area contributed by atoms with Gasteiger partial charge in [-0.05, 0) is 31.4 Å². The quantitative estimate of drug-likeness (QED) is 0.845. The van der Waals surface area contributed by atoms with Gasteiger partial charge in [0, 0.05) is 18.6 Å². The van der Waals surface area contributed by atoms with Crippen molar-refractivity contribution in [2.24, 2.45) is 5.92 Å². The van der Waals surface area contributed by atoms with E-state index in [4.69, 9.17) is 16.3 Å². The predicted octanol–water partition coefficient (Wildman–Crippen LogP) is 1.50. The minimum absolute atomic E-state index is 0.106. The van der Waals surface area contributed by atoms with E-state index < -0.39 is 0 Å². The summed E-state index contributed by atoms with van der Waals surface area (Å²) in [5.74, 6) is 0.653. The third-order valence-corrected chi connectivity index (χ3v) is 3.24. The summed E-state index contributed by atoms with van der Waals surface area (Å²) in [6.07, 6.45) is 3.11. The van der Waals surface area contributed by atoms with Crippen molar-refractivity contribution in [2.75, 3.05) is 18.5 Å². The van der Waals surface area contributed by atoms with Gasteiger partial charge in [0.05, 0.1) is 6.61 Å². The summed E-state index contributed by atoms with van der Waals surface area (Å²) in [6, 6.07) is 0.404. The first-order chi connectivity index (χ1) is 8.72. The SMILES string of the molecule is CCOc1nc(Cl)nc(NC2CCCC2CO)n1. The molecule has 0 radical (unpaired) electrons. The zero-order valence-corrected chi connectivity index (χ0v) is 11.0. The van der Waals surface area contributed by atoms with Gasteiger partial charge in [-0.3, -0.25) is 0 Å². The van der Waals surface area contributed by atoms with Gasteiger partial charge >= 0.3 is 6.01 Å². The predicted molar refractivity (Wildman–Crippen MR) is 67.8 cm³/mol. The Kier molecular flexibility index (Phi) is 4.54. The zero-order valence-electron chi connectivity index (χ0n) is 10.3. The van der Waals surface area contributed by atoms with Gasteiger partial charge in [0.15, 0.2) is 0 Å². The lowest BCUT2D eigenvalue weighted by atomic mass is 10.1. The van der Waals surface area contributed by atoms with Crippen LogP contribution in [-0.2, 0) is 0 Å². The number of nitrogens with one attached hydrogen (secondary N) is 1. The van der Waals surface area contributed by atoms with Gasteiger partial charge in [-0.2, -0.15) is 15.0 Å². The summed E-state index contributed by atoms with van der Waals surface area (Å²) in [5.41, 5.74) is 0. The number of aliphatic hydroxyl groups is 1. The Labute approximate surface area is 111 Å². The molecule has 1 saturated carbocycles. The highest BCUT2D eigenvalue weighted by Gasteiger charge is 2.27. The van der Waals surface area contributed by atoms with E-state index in [2.05, 4.69) is 20.3 Å². The lowest BCUT2D eigenvalue weighted by molar-refractivity contribution is 0.222. The second-order valence-electron chi connectivity index (χ2n) is 4.27. The van der Waals surface area contributed by atoms with Gasteiger partial charge in [-0.15, -0.1) is 0 Å². The number of hydrogen-bond donors (Lipinski definition) is 2. The fraction of sp³-hybridized carbons (Fsp3) is 0.727. The summed E-state index contributed by atoms with van der Waals surface area (Å²) in [4.78, 5) is 12.0. The van der Waals surface area contributed by atoms with Crippen molar-refractivity contribution in [3.05, 3.63) is 5.28 Å². The standard InChI is InChI=1S/C11H17ClN4O2/c1-2-18-11-15-9(12)14-10(16-11)13-8-5-3-4-7(8)6-17/h7-8,17H,2-6H2,1H3,(H,13,14,15,16). The van der Waals surface area contributed by atoms with Crippen LogP contribution in [0.3, 0.4) is 0 Å². The molecule has 0 bridgehead atoms. The van der Waals surface area contributed by atoms with E-state index >= 15 is 0 Å². The molecular weight excluding hydrogens is 256 g/mol. The number of halogens is 1. The average molecular weight is 273 g/mol. The first kappa shape index (κ1) is 13.3. The molecule has 1 aromatic rings. The highest BCUT2D eigenvalue weighted by molar-refractivity contribution is 6.28. The Morgan fingerprint density at radius 3 is 2.94 bits per heavy atom. The van der Waals surface area contributed by atoms with E-state index in [-0.39, 0.29) is 29.9 Å². The van der Waals surface area contributed by atoms with Crippen molar-refractivity contribution in [3.8, 4) is 6.01 Å². The number of nitrogens with zero attached hydrogens (tertiary/aromatic N) is 3. The second kappa shape index (κ2) is 6.15. The molecule has 1 aliphatic rings. The Bertz CT molecular complexity index is 405. The van der Waals surface area contributed by atoms with E-state index in [1.54, 1.807) is 0 Å². The van der Waals surface area contributed by atoms with Crippen molar-refractivity contribution in [1.82, 2.24) is 15.0 Å². The molecule has 1 aliphatic carbocycles. The molecule has 0 amide bonds. The smallest absolute Gasteiger partial charge is 0.322 e. The first-order valence-electron chi connectivity index (χ1n) is 6.14. The number of anilines is 1. The number of aromatic nitrogens is 3. The van der Waals surface area contributed by atoms with Crippen LogP contribution < -0.4 is 10.1 Å². The largest absolute Gasteiger partial charge is 0.464 e. The Hall–Kier alpha value is -1.14. The molecule has 0 aromatic carbocycles. The molecular formula is C11H17ClN4O2. The van der Waals surface area contributed by atoms with E-state index in [0.717, 1.165) is 19.3 Å². The maximum atomic E-state index is 9.26. The van der Waals surface area contributed by atoms with E-state index in [1.165, 1.54) is 0 Å². The van der Waals surface area contributed by atoms with Crippen molar-refractivity contribution in [1.29, 1.82) is 0 Å². The molecule has 100 valence electrons. The number of hydrogen-bond acceptors (Lipinski definition) is 6. The van der Waals surface area contributed by atoms with Gasteiger partial charge in [-0.1, -0.05) is 6.42 Å². The summed E-state index contributed by atoms with van der Waals surface area (Å²) >= 11 is 5.81. The van der Waals surface area contributed by atoms with Gasteiger partial charge in [0.2, 0.25) is 11.2 Å². The van der Waals surface area contributed by atoms with E-state index in [0.29, 0.717) is 12.6 Å². The topological polar surface area (TPSA) is 80.2 Å². The third kappa shape index (κ3) is 3.20. The molecule has 0 spiro atoms. The van der Waals surface area contributed by atoms with Crippen LogP contribution >= 0.6 is 11.6 Å². The van der Waals surface area contributed by atoms with Crippen molar-refractivity contribution in [3.63, 3.8) is 0 Å². The van der Waals surface area contributed by atoms with Crippen LogP contribution in [0.25, 0.3) is 0 Å². The van der Waals surface area contributed by atoms with Crippen LogP contribution in [0.4, 0.5) is 5.95 Å². The fourth-order valence-corrected chi connectivity index (χ4v) is 2.35. The van der Waals surface area contributed by atoms with Crippen molar-refractivity contribution in [2.45, 2.75) is 32.2 Å². The molecule has 1 fully saturated rings. The van der Waals surface area contributed by atoms with Crippen LogP contribution in [0, 0.1) is 5.92 Å². The van der Waals surface area contributed by atoms with Gasteiger partial charge in [-0.25, -0.2) is 0 Å². The van der Waals surface area contributed by atoms with Crippen LogP contribution in [0.5, 0.6) is 6.01 Å². The lowest BCUT2D eigenvalue weighted by Crippen LogP contribution is -2.27. The molecule has 1 aromatic heterocycles. The highest BCUT2D eigenvalue weighted by atomic mass is 35.5. The monoisotopic (exact) mass is 272 g/mol. The van der Waals surface area contributed by atoms with Crippen LogP contribution in [-0.4, -0.2) is 39.3 Å². The van der Waals surface area contributed by atoms with Gasteiger partial charge in [0.25, 0.3) is 0 Å². The second-order valence-corrected chi connectivity index (χ2v) is 4.61. The minimum Gasteiger partial charge on any atom is -0.464 e. The first-order valence-corrected chi connectivity index (χ1v) is 6.52. The molecule has 2 rings (SSSR count). The van der Waals surface area contributed by atoms with Crippen LogP contribution in [0.15, 0.2) is 0 Å². The number of ether oxygens (including phenoxy) is 1. The summed E-state index contributed by atoms with van der Waals surface area (Å²) in [7, 11) is 0. The normalized spacial score (nSPS) is 23.1. The maximum absolute atomic E-state index is 9.26. The van der Waals surface area contributed by atoms with Crippen molar-refractivity contribution >= 4 is 17.5 Å². The highest BCUT2D eigenvalue weighted by Crippen LogP contribution is 2.27. The zero-order chi connectivity index (χ0) is 13.0. The molecule has 0 saturated heterocycles. The fourth-order valence-electron chi connectivity index (χ4n) is 2.20. The number of rotatable bonds is 5. The molecule has 0 aliphatic heterocycles. The molecule has 2 atom stereocenters. The molecule has 18 heavy (non-hydrogen) atoms. The minimum atomic E-state index is 0.106. The Morgan fingerprint density at radius 1 is 1.39 bits per heavy atom. The van der Waals surface area contributed by atoms with Gasteiger partial charge in [0.1, 0.15) is 0 Å². The van der Waals surface area contributed by atoms with E-state index in [1.807, 2.05) is 6.92 Å². The van der Waals surface area contributed by atoms with E-state index in [9.17, 15) is 5.11 Å². The van der Waals surface area contributed by atoms with Crippen LogP contribution in [0.2, 0.25) is 5.28 Å². The summed E-state index contributed by atoms with van der Waals surface area (Å²) in [5, 5.41) is 12.6. The van der Waals surface area contributed by atoms with Crippen LogP contribution in [0.1, 0.15) is 26.2 Å². The summed E-state index contributed by atoms with van der Waals surface area (Å²) in [6.45, 7) is 2.50. The number of aliphatic hydroxyl groups excluding tert-OH is 1.